The number of hydrogen-bond donors (Lipinski definition) is 1. The molecule has 2 unspecified atom stereocenters. The molecule has 1 aromatic heterocycles. The van der Waals surface area contributed by atoms with E-state index >= 15 is 0 Å². The number of fused-ring (bicyclic) bond motifs is 1. The molecular formula is C15H21N3. The highest BCUT2D eigenvalue weighted by atomic mass is 15.1. The average Bonchev–Trinajstić information content (AvgIpc) is 2.72. The summed E-state index contributed by atoms with van der Waals surface area (Å²) in [5.74, 6) is 2.70. The van der Waals surface area contributed by atoms with Crippen molar-refractivity contribution in [3.8, 4) is 0 Å². The Morgan fingerprint density at radius 3 is 2.72 bits per heavy atom. The van der Waals surface area contributed by atoms with Crippen LogP contribution in [-0.2, 0) is 13.0 Å². The molecule has 3 nitrogen and oxygen atoms in total. The van der Waals surface area contributed by atoms with Crippen LogP contribution in [0.4, 0.5) is 0 Å². The van der Waals surface area contributed by atoms with E-state index in [0.29, 0.717) is 0 Å². The van der Waals surface area contributed by atoms with Gasteiger partial charge < -0.3 is 10.3 Å². The Morgan fingerprint density at radius 2 is 2.06 bits per heavy atom. The summed E-state index contributed by atoms with van der Waals surface area (Å²) >= 11 is 0. The lowest BCUT2D eigenvalue weighted by molar-refractivity contribution is 0.179. The summed E-state index contributed by atoms with van der Waals surface area (Å²) in [6.07, 6.45) is 3.70. The maximum absolute atomic E-state index is 5.80. The van der Waals surface area contributed by atoms with Crippen LogP contribution >= 0.6 is 0 Å². The largest absolute Gasteiger partial charge is 0.330 e. The monoisotopic (exact) mass is 243 g/mol. The first-order chi connectivity index (χ1) is 8.83. The van der Waals surface area contributed by atoms with Crippen molar-refractivity contribution in [2.75, 3.05) is 6.54 Å². The Kier molecular flexibility index (Phi) is 3.08. The van der Waals surface area contributed by atoms with Gasteiger partial charge in [0, 0.05) is 13.0 Å². The number of nitrogens with two attached hydrogens (primary N) is 1. The third kappa shape index (κ3) is 1.83. The van der Waals surface area contributed by atoms with Crippen LogP contribution in [0.15, 0.2) is 24.3 Å². The molecule has 96 valence electrons. The molecule has 0 spiro atoms. The molecule has 2 atom stereocenters. The fourth-order valence-electron chi connectivity index (χ4n) is 3.09. The van der Waals surface area contributed by atoms with Crippen molar-refractivity contribution >= 4 is 11.0 Å². The molecule has 1 aliphatic rings. The summed E-state index contributed by atoms with van der Waals surface area (Å²) in [7, 11) is 0. The first-order valence-corrected chi connectivity index (χ1v) is 6.97. The minimum Gasteiger partial charge on any atom is -0.330 e. The van der Waals surface area contributed by atoms with Crippen molar-refractivity contribution < 1.29 is 0 Å². The molecule has 0 bridgehead atoms. The van der Waals surface area contributed by atoms with E-state index in [1.807, 2.05) is 0 Å². The smallest absolute Gasteiger partial charge is 0.110 e. The molecule has 3 rings (SSSR count). The number of para-hydroxylation sites is 2. The molecule has 0 radical (unpaired) electrons. The van der Waals surface area contributed by atoms with Gasteiger partial charge in [0.05, 0.1) is 11.0 Å². The molecule has 3 heteroatoms. The zero-order valence-corrected chi connectivity index (χ0v) is 11.0. The van der Waals surface area contributed by atoms with Gasteiger partial charge in [-0.05, 0) is 50.3 Å². The van der Waals surface area contributed by atoms with Crippen LogP contribution in [0.25, 0.3) is 11.0 Å². The SMILES string of the molecule is CCn1c(CC2CCC2CN)nc2ccccc21. The number of hydrogen-bond acceptors (Lipinski definition) is 2. The first-order valence-electron chi connectivity index (χ1n) is 6.97. The summed E-state index contributed by atoms with van der Waals surface area (Å²) < 4.78 is 2.35. The highest BCUT2D eigenvalue weighted by molar-refractivity contribution is 5.75. The van der Waals surface area contributed by atoms with E-state index in [4.69, 9.17) is 10.7 Å². The molecule has 1 fully saturated rings. The zero-order valence-electron chi connectivity index (χ0n) is 11.0. The summed E-state index contributed by atoms with van der Waals surface area (Å²) in [5.41, 5.74) is 8.18. The van der Waals surface area contributed by atoms with E-state index in [0.717, 1.165) is 36.9 Å². The number of aryl methyl sites for hydroxylation is 1. The molecule has 0 saturated heterocycles. The van der Waals surface area contributed by atoms with E-state index in [1.54, 1.807) is 0 Å². The molecule has 2 aromatic rings. The Hall–Kier alpha value is -1.35. The Bertz CT molecular complexity index is 542. The lowest BCUT2D eigenvalue weighted by Crippen LogP contribution is -2.34. The van der Waals surface area contributed by atoms with Gasteiger partial charge in [0.2, 0.25) is 0 Å². The van der Waals surface area contributed by atoms with Crippen LogP contribution in [0.2, 0.25) is 0 Å². The quantitative estimate of drug-likeness (QED) is 0.897. The molecule has 1 aliphatic carbocycles. The first kappa shape index (κ1) is 11.7. The van der Waals surface area contributed by atoms with Crippen molar-refractivity contribution in [1.29, 1.82) is 0 Å². The Balaban J connectivity index is 1.91. The lowest BCUT2D eigenvalue weighted by Gasteiger charge is -2.35. The molecule has 0 amide bonds. The van der Waals surface area contributed by atoms with Crippen LogP contribution in [0.1, 0.15) is 25.6 Å². The second kappa shape index (κ2) is 4.73. The molecule has 0 aliphatic heterocycles. The average molecular weight is 243 g/mol. The second-order valence-electron chi connectivity index (χ2n) is 5.30. The fourth-order valence-corrected chi connectivity index (χ4v) is 3.09. The summed E-state index contributed by atoms with van der Waals surface area (Å²) in [5, 5.41) is 0. The normalized spacial score (nSPS) is 23.2. The summed E-state index contributed by atoms with van der Waals surface area (Å²) in [6.45, 7) is 4.02. The van der Waals surface area contributed by atoms with Crippen molar-refractivity contribution in [2.45, 2.75) is 32.7 Å². The number of aromatic nitrogens is 2. The molecule has 1 aromatic carbocycles. The van der Waals surface area contributed by atoms with E-state index in [2.05, 4.69) is 35.8 Å². The molecule has 1 saturated carbocycles. The van der Waals surface area contributed by atoms with Gasteiger partial charge in [-0.25, -0.2) is 4.98 Å². The van der Waals surface area contributed by atoms with E-state index in [9.17, 15) is 0 Å². The Labute approximate surface area is 108 Å². The van der Waals surface area contributed by atoms with Crippen LogP contribution in [0, 0.1) is 11.8 Å². The van der Waals surface area contributed by atoms with Gasteiger partial charge in [0.15, 0.2) is 0 Å². The number of rotatable bonds is 4. The van der Waals surface area contributed by atoms with E-state index < -0.39 is 0 Å². The van der Waals surface area contributed by atoms with E-state index in [1.165, 1.54) is 24.2 Å². The summed E-state index contributed by atoms with van der Waals surface area (Å²) in [6, 6.07) is 8.42. The van der Waals surface area contributed by atoms with Crippen LogP contribution in [-0.4, -0.2) is 16.1 Å². The van der Waals surface area contributed by atoms with Crippen LogP contribution in [0.3, 0.4) is 0 Å². The summed E-state index contributed by atoms with van der Waals surface area (Å²) in [4.78, 5) is 4.80. The third-order valence-electron chi connectivity index (χ3n) is 4.37. The fraction of sp³-hybridized carbons (Fsp3) is 0.533. The topological polar surface area (TPSA) is 43.8 Å². The highest BCUT2D eigenvalue weighted by Gasteiger charge is 2.30. The second-order valence-corrected chi connectivity index (χ2v) is 5.30. The van der Waals surface area contributed by atoms with Crippen LogP contribution < -0.4 is 5.73 Å². The number of benzene rings is 1. The van der Waals surface area contributed by atoms with Crippen molar-refractivity contribution in [1.82, 2.24) is 9.55 Å². The van der Waals surface area contributed by atoms with Crippen molar-refractivity contribution in [2.24, 2.45) is 17.6 Å². The standard InChI is InChI=1S/C15H21N3/c1-2-18-14-6-4-3-5-13(14)17-15(18)9-11-7-8-12(11)10-16/h3-6,11-12H,2,7-10,16H2,1H3. The number of imidazole rings is 1. The number of nitrogens with zero attached hydrogens (tertiary/aromatic N) is 2. The van der Waals surface area contributed by atoms with Gasteiger partial charge >= 0.3 is 0 Å². The molecular weight excluding hydrogens is 222 g/mol. The van der Waals surface area contributed by atoms with Crippen molar-refractivity contribution in [3.05, 3.63) is 30.1 Å². The minimum absolute atomic E-state index is 0.718. The van der Waals surface area contributed by atoms with Gasteiger partial charge in [0.25, 0.3) is 0 Å². The minimum atomic E-state index is 0.718. The lowest BCUT2D eigenvalue weighted by atomic mass is 9.72. The van der Waals surface area contributed by atoms with Gasteiger partial charge in [-0.3, -0.25) is 0 Å². The zero-order chi connectivity index (χ0) is 12.5. The molecule has 1 heterocycles. The van der Waals surface area contributed by atoms with Crippen LogP contribution in [0.5, 0.6) is 0 Å². The molecule has 2 N–H and O–H groups in total. The van der Waals surface area contributed by atoms with Gasteiger partial charge in [0.1, 0.15) is 5.82 Å². The van der Waals surface area contributed by atoms with Gasteiger partial charge in [-0.15, -0.1) is 0 Å². The predicted octanol–water partition coefficient (Wildman–Crippen LogP) is 2.58. The Morgan fingerprint density at radius 1 is 1.28 bits per heavy atom. The third-order valence-corrected chi connectivity index (χ3v) is 4.37. The van der Waals surface area contributed by atoms with Gasteiger partial charge in [-0.1, -0.05) is 12.1 Å². The molecule has 18 heavy (non-hydrogen) atoms. The van der Waals surface area contributed by atoms with Crippen molar-refractivity contribution in [3.63, 3.8) is 0 Å². The van der Waals surface area contributed by atoms with E-state index in [-0.39, 0.29) is 0 Å². The maximum Gasteiger partial charge on any atom is 0.110 e. The highest BCUT2D eigenvalue weighted by Crippen LogP contribution is 2.36. The maximum atomic E-state index is 5.80. The van der Waals surface area contributed by atoms with Gasteiger partial charge in [-0.2, -0.15) is 0 Å². The predicted molar refractivity (Wildman–Crippen MR) is 74.4 cm³/mol.